The molecular formula is C11H18O2. The molecule has 0 aliphatic heterocycles. The van der Waals surface area contributed by atoms with Crippen molar-refractivity contribution in [2.75, 3.05) is 13.2 Å². The average Bonchev–Trinajstić information content (AvgIpc) is 1.97. The van der Waals surface area contributed by atoms with Gasteiger partial charge in [0.1, 0.15) is 0 Å². The predicted molar refractivity (Wildman–Crippen MR) is 52.6 cm³/mol. The zero-order chi connectivity index (χ0) is 9.90. The molecule has 0 bridgehead atoms. The summed E-state index contributed by atoms with van der Waals surface area (Å²) in [6, 6.07) is 0. The Hall–Kier alpha value is -0.630. The van der Waals surface area contributed by atoms with Gasteiger partial charge in [-0.3, -0.25) is 4.79 Å². The Morgan fingerprint density at radius 3 is 2.69 bits per heavy atom. The third-order valence-electron chi connectivity index (χ3n) is 2.22. The highest BCUT2D eigenvalue weighted by Crippen LogP contribution is 2.33. The summed E-state index contributed by atoms with van der Waals surface area (Å²) in [6.45, 7) is 7.56. The second kappa shape index (κ2) is 4.05. The largest absolute Gasteiger partial charge is 0.377 e. The molecule has 0 saturated heterocycles. The molecule has 0 aromatic carbocycles. The van der Waals surface area contributed by atoms with E-state index in [1.807, 2.05) is 6.92 Å². The van der Waals surface area contributed by atoms with Crippen LogP contribution in [0.25, 0.3) is 0 Å². The second-order valence-electron chi connectivity index (χ2n) is 4.42. The van der Waals surface area contributed by atoms with Gasteiger partial charge in [-0.1, -0.05) is 13.8 Å². The van der Waals surface area contributed by atoms with Crippen LogP contribution in [-0.4, -0.2) is 19.0 Å². The summed E-state index contributed by atoms with van der Waals surface area (Å²) in [5.41, 5.74) is 1.27. The van der Waals surface area contributed by atoms with Crippen molar-refractivity contribution in [1.29, 1.82) is 0 Å². The first-order valence-corrected chi connectivity index (χ1v) is 4.83. The van der Waals surface area contributed by atoms with Gasteiger partial charge in [-0.25, -0.2) is 0 Å². The van der Waals surface area contributed by atoms with Gasteiger partial charge in [-0.2, -0.15) is 0 Å². The van der Waals surface area contributed by atoms with Gasteiger partial charge in [-0.15, -0.1) is 0 Å². The molecule has 0 fully saturated rings. The minimum absolute atomic E-state index is 0.123. The molecule has 13 heavy (non-hydrogen) atoms. The lowest BCUT2D eigenvalue weighted by atomic mass is 9.77. The number of rotatable bonds is 3. The summed E-state index contributed by atoms with van der Waals surface area (Å²) in [4.78, 5) is 11.3. The fourth-order valence-electron chi connectivity index (χ4n) is 1.80. The lowest BCUT2D eigenvalue weighted by Gasteiger charge is -2.28. The highest BCUT2D eigenvalue weighted by Gasteiger charge is 2.27. The molecule has 0 unspecified atom stereocenters. The van der Waals surface area contributed by atoms with Crippen molar-refractivity contribution in [3.05, 3.63) is 11.6 Å². The van der Waals surface area contributed by atoms with Crippen molar-refractivity contribution in [1.82, 2.24) is 0 Å². The average molecular weight is 182 g/mol. The van der Waals surface area contributed by atoms with Crippen LogP contribution >= 0.6 is 0 Å². The summed E-state index contributed by atoms with van der Waals surface area (Å²) in [6.07, 6.45) is 3.41. The number of ether oxygens (including phenoxy) is 1. The van der Waals surface area contributed by atoms with Crippen molar-refractivity contribution in [2.45, 2.75) is 33.6 Å². The number of carbonyl (C=O) groups is 1. The molecule has 0 spiro atoms. The van der Waals surface area contributed by atoms with Gasteiger partial charge < -0.3 is 4.74 Å². The third-order valence-corrected chi connectivity index (χ3v) is 2.22. The number of hydrogen-bond acceptors (Lipinski definition) is 2. The van der Waals surface area contributed by atoms with Crippen molar-refractivity contribution in [2.24, 2.45) is 5.41 Å². The molecular weight excluding hydrogens is 164 g/mol. The molecule has 74 valence electrons. The minimum atomic E-state index is 0.123. The van der Waals surface area contributed by atoms with E-state index >= 15 is 0 Å². The Balaban J connectivity index is 2.59. The van der Waals surface area contributed by atoms with E-state index in [9.17, 15) is 4.79 Å². The first-order valence-electron chi connectivity index (χ1n) is 4.83. The smallest absolute Gasteiger partial charge is 0.156 e. The summed E-state index contributed by atoms with van der Waals surface area (Å²) < 4.78 is 5.29. The third kappa shape index (κ3) is 3.31. The Morgan fingerprint density at radius 2 is 2.15 bits per heavy atom. The molecule has 0 atom stereocenters. The van der Waals surface area contributed by atoms with Crippen molar-refractivity contribution in [3.8, 4) is 0 Å². The van der Waals surface area contributed by atoms with Gasteiger partial charge in [0.2, 0.25) is 0 Å². The number of allylic oxidation sites excluding steroid dienone is 1. The van der Waals surface area contributed by atoms with E-state index in [1.54, 1.807) is 6.08 Å². The Labute approximate surface area is 80.0 Å². The quantitative estimate of drug-likeness (QED) is 0.669. The van der Waals surface area contributed by atoms with Crippen molar-refractivity contribution < 1.29 is 9.53 Å². The highest BCUT2D eigenvalue weighted by molar-refractivity contribution is 5.91. The summed E-state index contributed by atoms with van der Waals surface area (Å²) in [5.74, 6) is 0.242. The van der Waals surface area contributed by atoms with Crippen LogP contribution in [0.3, 0.4) is 0 Å². The number of hydrogen-bond donors (Lipinski definition) is 0. The van der Waals surface area contributed by atoms with Gasteiger partial charge in [0, 0.05) is 13.0 Å². The maximum Gasteiger partial charge on any atom is 0.156 e. The first kappa shape index (κ1) is 10.5. The normalized spacial score (nSPS) is 21.5. The van der Waals surface area contributed by atoms with Crippen LogP contribution < -0.4 is 0 Å². The molecule has 0 saturated carbocycles. The summed E-state index contributed by atoms with van der Waals surface area (Å²) >= 11 is 0. The van der Waals surface area contributed by atoms with E-state index in [0.717, 1.165) is 12.0 Å². The van der Waals surface area contributed by atoms with Gasteiger partial charge in [0.25, 0.3) is 0 Å². The van der Waals surface area contributed by atoms with Crippen LogP contribution in [0.4, 0.5) is 0 Å². The van der Waals surface area contributed by atoms with Crippen LogP contribution in [0, 0.1) is 5.41 Å². The second-order valence-corrected chi connectivity index (χ2v) is 4.42. The molecule has 2 nitrogen and oxygen atoms in total. The monoisotopic (exact) mass is 182 g/mol. The molecule has 1 aliphatic rings. The maximum absolute atomic E-state index is 11.3. The van der Waals surface area contributed by atoms with Crippen molar-refractivity contribution >= 4 is 5.78 Å². The van der Waals surface area contributed by atoms with Crippen molar-refractivity contribution in [3.63, 3.8) is 0 Å². The molecule has 0 aromatic heterocycles. The van der Waals surface area contributed by atoms with Gasteiger partial charge in [-0.05, 0) is 30.4 Å². The SMILES string of the molecule is CCOCC1=CC(=O)CC(C)(C)C1. The van der Waals surface area contributed by atoms with E-state index in [0.29, 0.717) is 19.6 Å². The van der Waals surface area contributed by atoms with E-state index in [2.05, 4.69) is 13.8 Å². The minimum Gasteiger partial charge on any atom is -0.377 e. The zero-order valence-electron chi connectivity index (χ0n) is 8.72. The van der Waals surface area contributed by atoms with Crippen LogP contribution in [0.15, 0.2) is 11.6 Å². The van der Waals surface area contributed by atoms with E-state index in [4.69, 9.17) is 4.74 Å². The molecule has 0 aromatic rings. The van der Waals surface area contributed by atoms with E-state index in [-0.39, 0.29) is 11.2 Å². The zero-order valence-corrected chi connectivity index (χ0v) is 8.72. The molecule has 2 heteroatoms. The number of carbonyl (C=O) groups excluding carboxylic acids is 1. The van der Waals surface area contributed by atoms with E-state index in [1.165, 1.54) is 0 Å². The fraction of sp³-hybridized carbons (Fsp3) is 0.727. The standard InChI is InChI=1S/C11H18O2/c1-4-13-8-9-5-10(12)7-11(2,3)6-9/h5H,4,6-8H2,1-3H3. The highest BCUT2D eigenvalue weighted by atomic mass is 16.5. The Morgan fingerprint density at radius 1 is 1.46 bits per heavy atom. The Kier molecular flexibility index (Phi) is 3.26. The van der Waals surface area contributed by atoms with Gasteiger partial charge in [0.05, 0.1) is 6.61 Å². The molecule has 0 amide bonds. The summed E-state index contributed by atoms with van der Waals surface area (Å²) in [7, 11) is 0. The van der Waals surface area contributed by atoms with Crippen LogP contribution in [0.2, 0.25) is 0 Å². The molecule has 0 N–H and O–H groups in total. The van der Waals surface area contributed by atoms with Crippen LogP contribution in [0.1, 0.15) is 33.6 Å². The summed E-state index contributed by atoms with van der Waals surface area (Å²) in [5, 5.41) is 0. The van der Waals surface area contributed by atoms with E-state index < -0.39 is 0 Å². The molecule has 1 rings (SSSR count). The van der Waals surface area contributed by atoms with Gasteiger partial charge >= 0.3 is 0 Å². The topological polar surface area (TPSA) is 26.3 Å². The van der Waals surface area contributed by atoms with Crippen LogP contribution in [-0.2, 0) is 9.53 Å². The number of ketones is 1. The lowest BCUT2D eigenvalue weighted by Crippen LogP contribution is -2.23. The first-order chi connectivity index (χ1) is 6.03. The Bertz CT molecular complexity index is 226. The molecule has 1 aliphatic carbocycles. The maximum atomic E-state index is 11.3. The fourth-order valence-corrected chi connectivity index (χ4v) is 1.80. The predicted octanol–water partition coefficient (Wildman–Crippen LogP) is 2.34. The van der Waals surface area contributed by atoms with Crippen LogP contribution in [0.5, 0.6) is 0 Å². The lowest BCUT2D eigenvalue weighted by molar-refractivity contribution is -0.117. The molecule has 0 radical (unpaired) electrons. The molecule has 0 heterocycles. The van der Waals surface area contributed by atoms with Gasteiger partial charge in [0.15, 0.2) is 5.78 Å².